The van der Waals surface area contributed by atoms with E-state index in [1.807, 2.05) is 31.2 Å². The molecule has 0 saturated heterocycles. The lowest BCUT2D eigenvalue weighted by atomic mass is 10.2. The third-order valence-electron chi connectivity index (χ3n) is 2.26. The highest BCUT2D eigenvalue weighted by atomic mass is 79.9. The second-order valence-electron chi connectivity index (χ2n) is 3.78. The van der Waals surface area contributed by atoms with Gasteiger partial charge in [0.1, 0.15) is 12.4 Å². The van der Waals surface area contributed by atoms with Crippen molar-refractivity contribution in [2.45, 2.75) is 18.7 Å². The summed E-state index contributed by atoms with van der Waals surface area (Å²) < 4.78 is 28.3. The molecule has 17 heavy (non-hydrogen) atoms. The van der Waals surface area contributed by atoms with Crippen molar-refractivity contribution < 1.29 is 13.2 Å². The van der Waals surface area contributed by atoms with Crippen LogP contribution in [0.1, 0.15) is 18.9 Å². The molecule has 0 spiro atoms. The van der Waals surface area contributed by atoms with Gasteiger partial charge in [0.25, 0.3) is 0 Å². The minimum absolute atomic E-state index is 0.0844. The van der Waals surface area contributed by atoms with Crippen LogP contribution in [0, 0.1) is 0 Å². The van der Waals surface area contributed by atoms with Crippen LogP contribution in [-0.2, 0) is 15.2 Å². The van der Waals surface area contributed by atoms with Gasteiger partial charge in [0.05, 0.1) is 11.5 Å². The van der Waals surface area contributed by atoms with Crippen LogP contribution in [0.2, 0.25) is 0 Å². The van der Waals surface area contributed by atoms with Crippen molar-refractivity contribution in [3.8, 4) is 5.75 Å². The third kappa shape index (κ3) is 5.55. The maximum absolute atomic E-state index is 11.4. The molecule has 0 unspecified atom stereocenters. The second kappa shape index (κ2) is 7.01. The Morgan fingerprint density at radius 3 is 2.35 bits per heavy atom. The first kappa shape index (κ1) is 14.5. The number of rotatable bonds is 7. The second-order valence-corrected chi connectivity index (χ2v) is 6.64. The van der Waals surface area contributed by atoms with Gasteiger partial charge in [-0.1, -0.05) is 35.0 Å². The number of hydrogen-bond donors (Lipinski definition) is 0. The predicted molar refractivity (Wildman–Crippen MR) is 73.5 cm³/mol. The van der Waals surface area contributed by atoms with Crippen molar-refractivity contribution in [2.75, 3.05) is 18.1 Å². The van der Waals surface area contributed by atoms with Crippen molar-refractivity contribution in [3.63, 3.8) is 0 Å². The predicted octanol–water partition coefficient (Wildman–Crippen LogP) is 2.79. The molecule has 0 bridgehead atoms. The summed E-state index contributed by atoms with van der Waals surface area (Å²) in [6.45, 7) is 2.08. The summed E-state index contributed by atoms with van der Waals surface area (Å²) in [6.07, 6.45) is 0.655. The van der Waals surface area contributed by atoms with Crippen LogP contribution in [0.4, 0.5) is 0 Å². The van der Waals surface area contributed by atoms with Crippen molar-refractivity contribution in [2.24, 2.45) is 0 Å². The minimum atomic E-state index is -2.95. The molecular weight excluding hydrogens is 304 g/mol. The number of hydrogen-bond acceptors (Lipinski definition) is 3. The molecule has 0 N–H and O–H groups in total. The molecular formula is C12H17BrO3S. The molecule has 0 aromatic heterocycles. The molecule has 0 saturated carbocycles. The van der Waals surface area contributed by atoms with Crippen LogP contribution in [-0.4, -0.2) is 26.5 Å². The minimum Gasteiger partial charge on any atom is -0.493 e. The summed E-state index contributed by atoms with van der Waals surface area (Å²) in [7, 11) is -2.95. The van der Waals surface area contributed by atoms with Gasteiger partial charge in [0.2, 0.25) is 0 Å². The number of sulfone groups is 1. The van der Waals surface area contributed by atoms with E-state index in [-0.39, 0.29) is 18.1 Å². The van der Waals surface area contributed by atoms with Crippen LogP contribution in [0.25, 0.3) is 0 Å². The van der Waals surface area contributed by atoms with Gasteiger partial charge in [-0.2, -0.15) is 0 Å². The van der Waals surface area contributed by atoms with Gasteiger partial charge in [-0.3, -0.25) is 0 Å². The maximum atomic E-state index is 11.4. The van der Waals surface area contributed by atoms with E-state index in [9.17, 15) is 8.42 Å². The lowest BCUT2D eigenvalue weighted by Gasteiger charge is -2.07. The Morgan fingerprint density at radius 1 is 1.18 bits per heavy atom. The maximum Gasteiger partial charge on any atom is 0.153 e. The van der Waals surface area contributed by atoms with Crippen LogP contribution in [0.15, 0.2) is 24.3 Å². The van der Waals surface area contributed by atoms with Crippen molar-refractivity contribution in [3.05, 3.63) is 29.8 Å². The molecule has 0 atom stereocenters. The quantitative estimate of drug-likeness (QED) is 0.725. The lowest BCUT2D eigenvalue weighted by molar-refractivity contribution is 0.341. The highest BCUT2D eigenvalue weighted by Gasteiger charge is 2.09. The molecule has 1 aromatic rings. The summed E-state index contributed by atoms with van der Waals surface area (Å²) in [5, 5.41) is 0.804. The standard InChI is InChI=1S/C12H17BrO3S/c1-2-8-17(14,15)9-7-16-12-5-3-11(10-13)4-6-12/h3-6H,2,7-10H2,1H3. The van der Waals surface area contributed by atoms with Crippen LogP contribution in [0.3, 0.4) is 0 Å². The molecule has 1 aromatic carbocycles. The highest BCUT2D eigenvalue weighted by Crippen LogP contribution is 2.14. The zero-order chi connectivity index (χ0) is 12.7. The smallest absolute Gasteiger partial charge is 0.153 e. The first-order valence-electron chi connectivity index (χ1n) is 5.55. The molecule has 3 nitrogen and oxygen atoms in total. The third-order valence-corrected chi connectivity index (χ3v) is 4.72. The molecule has 0 aliphatic rings. The molecule has 96 valence electrons. The van der Waals surface area contributed by atoms with Gasteiger partial charge in [-0.05, 0) is 24.1 Å². The summed E-state index contributed by atoms with van der Waals surface area (Å²) in [6, 6.07) is 7.60. The fraction of sp³-hybridized carbons (Fsp3) is 0.500. The van der Waals surface area contributed by atoms with E-state index in [1.54, 1.807) is 0 Å². The lowest BCUT2D eigenvalue weighted by Crippen LogP contribution is -2.16. The largest absolute Gasteiger partial charge is 0.493 e. The zero-order valence-electron chi connectivity index (χ0n) is 9.86. The summed E-state index contributed by atoms with van der Waals surface area (Å²) >= 11 is 3.36. The Kier molecular flexibility index (Phi) is 5.98. The molecule has 5 heteroatoms. The average molecular weight is 321 g/mol. The first-order valence-corrected chi connectivity index (χ1v) is 8.50. The normalized spacial score (nSPS) is 11.4. The molecule has 0 heterocycles. The van der Waals surface area contributed by atoms with E-state index in [2.05, 4.69) is 15.9 Å². The van der Waals surface area contributed by atoms with Gasteiger partial charge in [0, 0.05) is 5.33 Å². The molecule has 1 rings (SSSR count). The summed E-state index contributed by atoms with van der Waals surface area (Å²) in [5.41, 5.74) is 1.16. The number of halogens is 1. The molecule has 0 amide bonds. The fourth-order valence-corrected chi connectivity index (χ4v) is 2.91. The van der Waals surface area contributed by atoms with E-state index < -0.39 is 9.84 Å². The van der Waals surface area contributed by atoms with E-state index in [0.717, 1.165) is 10.9 Å². The Morgan fingerprint density at radius 2 is 1.82 bits per heavy atom. The molecule has 0 radical (unpaired) electrons. The topological polar surface area (TPSA) is 43.4 Å². The van der Waals surface area contributed by atoms with Gasteiger partial charge >= 0.3 is 0 Å². The summed E-state index contributed by atoms with van der Waals surface area (Å²) in [5.74, 6) is 1.03. The number of ether oxygens (including phenoxy) is 1. The Balaban J connectivity index is 2.40. The average Bonchev–Trinajstić information content (AvgIpc) is 2.29. The van der Waals surface area contributed by atoms with E-state index in [4.69, 9.17) is 4.74 Å². The van der Waals surface area contributed by atoms with E-state index >= 15 is 0 Å². The van der Waals surface area contributed by atoms with Gasteiger partial charge in [-0.15, -0.1) is 0 Å². The van der Waals surface area contributed by atoms with Gasteiger partial charge in [-0.25, -0.2) is 8.42 Å². The zero-order valence-corrected chi connectivity index (χ0v) is 12.3. The fourth-order valence-electron chi connectivity index (χ4n) is 1.37. The first-order chi connectivity index (χ1) is 8.07. The highest BCUT2D eigenvalue weighted by molar-refractivity contribution is 9.08. The van der Waals surface area contributed by atoms with E-state index in [1.165, 1.54) is 0 Å². The van der Waals surface area contributed by atoms with Crippen molar-refractivity contribution >= 4 is 25.8 Å². The summed E-state index contributed by atoms with van der Waals surface area (Å²) in [4.78, 5) is 0. The molecule has 0 aliphatic heterocycles. The molecule has 0 aliphatic carbocycles. The SMILES string of the molecule is CCCS(=O)(=O)CCOc1ccc(CBr)cc1. The Hall–Kier alpha value is -0.550. The number of benzene rings is 1. The van der Waals surface area contributed by atoms with Crippen molar-refractivity contribution in [1.29, 1.82) is 0 Å². The van der Waals surface area contributed by atoms with Crippen LogP contribution >= 0.6 is 15.9 Å². The molecule has 0 fully saturated rings. The Bertz CT molecular complexity index is 426. The monoisotopic (exact) mass is 320 g/mol. The van der Waals surface area contributed by atoms with Gasteiger partial charge in [0.15, 0.2) is 9.84 Å². The van der Waals surface area contributed by atoms with Crippen LogP contribution < -0.4 is 4.74 Å². The van der Waals surface area contributed by atoms with Gasteiger partial charge < -0.3 is 4.74 Å². The number of alkyl halides is 1. The Labute approximate surface area is 111 Å². The van der Waals surface area contributed by atoms with Crippen molar-refractivity contribution in [1.82, 2.24) is 0 Å². The van der Waals surface area contributed by atoms with E-state index in [0.29, 0.717) is 12.2 Å². The van der Waals surface area contributed by atoms with Crippen LogP contribution in [0.5, 0.6) is 5.75 Å².